The zero-order valence-electron chi connectivity index (χ0n) is 14.2. The molecule has 0 saturated heterocycles. The Balaban J connectivity index is 1.55. The fourth-order valence-corrected chi connectivity index (χ4v) is 3.02. The molecule has 0 spiro atoms. The van der Waals surface area contributed by atoms with Gasteiger partial charge in [0.05, 0.1) is 17.8 Å². The van der Waals surface area contributed by atoms with Crippen molar-refractivity contribution in [1.29, 1.82) is 0 Å². The molecule has 0 aliphatic rings. The van der Waals surface area contributed by atoms with Crippen molar-refractivity contribution in [2.75, 3.05) is 17.4 Å². The van der Waals surface area contributed by atoms with E-state index in [4.69, 9.17) is 0 Å². The van der Waals surface area contributed by atoms with Crippen LogP contribution in [0.2, 0.25) is 0 Å². The molecule has 6 nitrogen and oxygen atoms in total. The zero-order chi connectivity index (χ0) is 18.4. The monoisotopic (exact) mass is 366 g/mol. The summed E-state index contributed by atoms with van der Waals surface area (Å²) >= 11 is 1.29. The first-order valence-corrected chi connectivity index (χ1v) is 8.89. The summed E-state index contributed by atoms with van der Waals surface area (Å²) in [4.78, 5) is 28.6. The first-order chi connectivity index (χ1) is 12.6. The summed E-state index contributed by atoms with van der Waals surface area (Å²) in [5.41, 5.74) is 4.85. The minimum absolute atomic E-state index is 0.134. The Labute approximate surface area is 155 Å². The van der Waals surface area contributed by atoms with Crippen molar-refractivity contribution in [1.82, 2.24) is 10.4 Å². The van der Waals surface area contributed by atoms with E-state index in [1.807, 2.05) is 36.4 Å². The molecule has 26 heavy (non-hydrogen) atoms. The molecule has 0 aliphatic heterocycles. The summed E-state index contributed by atoms with van der Waals surface area (Å²) in [6.45, 7) is 0. The lowest BCUT2D eigenvalue weighted by molar-refractivity contribution is -0.120. The van der Waals surface area contributed by atoms with Crippen LogP contribution in [0.15, 0.2) is 66.0 Å². The largest absolute Gasteiger partial charge is 0.298 e. The van der Waals surface area contributed by atoms with Gasteiger partial charge in [0.15, 0.2) is 5.13 Å². The summed E-state index contributed by atoms with van der Waals surface area (Å²) in [5, 5.41) is 6.64. The van der Waals surface area contributed by atoms with Gasteiger partial charge < -0.3 is 0 Å². The molecule has 0 aliphatic carbocycles. The molecule has 3 rings (SSSR count). The molecule has 0 atom stereocenters. The second-order valence-corrected chi connectivity index (χ2v) is 6.43. The van der Waals surface area contributed by atoms with Gasteiger partial charge in [-0.15, -0.1) is 11.3 Å². The van der Waals surface area contributed by atoms with E-state index in [0.717, 1.165) is 5.69 Å². The Morgan fingerprint density at radius 1 is 1.04 bits per heavy atom. The number of hydrogen-bond donors (Lipinski definition) is 2. The predicted molar refractivity (Wildman–Crippen MR) is 103 cm³/mol. The number of thiazole rings is 1. The van der Waals surface area contributed by atoms with Crippen LogP contribution in [0.1, 0.15) is 16.1 Å². The van der Waals surface area contributed by atoms with Crippen molar-refractivity contribution < 1.29 is 9.59 Å². The predicted octanol–water partition coefficient (Wildman–Crippen LogP) is 3.11. The maximum atomic E-state index is 12.2. The van der Waals surface area contributed by atoms with Crippen LogP contribution < -0.4 is 15.8 Å². The van der Waals surface area contributed by atoms with Crippen molar-refractivity contribution in [2.24, 2.45) is 0 Å². The van der Waals surface area contributed by atoms with Crippen LogP contribution in [0.4, 0.5) is 10.8 Å². The van der Waals surface area contributed by atoms with Crippen molar-refractivity contribution >= 4 is 34.0 Å². The number of aromatic nitrogens is 1. The number of carbonyl (C=O) groups excluding carboxylic acids is 2. The van der Waals surface area contributed by atoms with Crippen LogP contribution in [0, 0.1) is 0 Å². The molecule has 0 saturated carbocycles. The van der Waals surface area contributed by atoms with Gasteiger partial charge in [-0.1, -0.05) is 36.4 Å². The van der Waals surface area contributed by atoms with Gasteiger partial charge in [0.1, 0.15) is 0 Å². The van der Waals surface area contributed by atoms with Gasteiger partial charge in [-0.25, -0.2) is 4.98 Å². The molecular weight excluding hydrogens is 348 g/mol. The van der Waals surface area contributed by atoms with Crippen molar-refractivity contribution in [3.63, 3.8) is 0 Å². The average molecular weight is 366 g/mol. The molecular formula is C19H18N4O2S. The first kappa shape index (κ1) is 17.6. The van der Waals surface area contributed by atoms with Crippen LogP contribution in [-0.4, -0.2) is 23.8 Å². The van der Waals surface area contributed by atoms with E-state index >= 15 is 0 Å². The average Bonchev–Trinajstić information content (AvgIpc) is 3.09. The SMILES string of the molecule is CN(NC(=O)Cc1csc(NC(=O)c2ccccc2)n1)c1ccccc1. The Morgan fingerprint density at radius 3 is 2.38 bits per heavy atom. The second kappa shape index (κ2) is 8.26. The summed E-state index contributed by atoms with van der Waals surface area (Å²) < 4.78 is 0. The van der Waals surface area contributed by atoms with Gasteiger partial charge >= 0.3 is 0 Å². The van der Waals surface area contributed by atoms with Crippen LogP contribution in [0.3, 0.4) is 0 Å². The lowest BCUT2D eigenvalue weighted by Gasteiger charge is -2.19. The third-order valence-electron chi connectivity index (χ3n) is 3.59. The smallest absolute Gasteiger partial charge is 0.257 e. The number of rotatable bonds is 6. The van der Waals surface area contributed by atoms with E-state index in [2.05, 4.69) is 15.7 Å². The summed E-state index contributed by atoms with van der Waals surface area (Å²) in [6.07, 6.45) is 0.134. The van der Waals surface area contributed by atoms with Gasteiger partial charge in [0.25, 0.3) is 5.91 Å². The molecule has 0 unspecified atom stereocenters. The minimum atomic E-state index is -0.222. The molecule has 2 N–H and O–H groups in total. The Hall–Kier alpha value is -3.19. The number of nitrogens with one attached hydrogen (secondary N) is 2. The molecule has 132 valence electrons. The topological polar surface area (TPSA) is 74.3 Å². The first-order valence-electron chi connectivity index (χ1n) is 8.01. The standard InChI is InChI=1S/C19H18N4O2S/c1-23(16-10-6-3-7-11-16)22-17(24)12-15-13-26-19(20-15)21-18(25)14-8-4-2-5-9-14/h2-11,13H,12H2,1H3,(H,22,24)(H,20,21,25). The third-order valence-corrected chi connectivity index (χ3v) is 4.39. The molecule has 7 heteroatoms. The molecule has 0 bridgehead atoms. The van der Waals surface area contributed by atoms with Crippen LogP contribution in [0.5, 0.6) is 0 Å². The summed E-state index contributed by atoms with van der Waals surface area (Å²) in [5.74, 6) is -0.401. The molecule has 2 aromatic carbocycles. The Bertz CT molecular complexity index is 881. The quantitative estimate of drug-likeness (QED) is 0.658. The minimum Gasteiger partial charge on any atom is -0.298 e. The molecule has 0 radical (unpaired) electrons. The van der Waals surface area contributed by atoms with Crippen molar-refractivity contribution in [3.05, 3.63) is 77.3 Å². The van der Waals surface area contributed by atoms with E-state index in [-0.39, 0.29) is 18.2 Å². The highest BCUT2D eigenvalue weighted by Gasteiger charge is 2.12. The summed E-state index contributed by atoms with van der Waals surface area (Å²) in [6, 6.07) is 18.4. The number of amides is 2. The van der Waals surface area contributed by atoms with Gasteiger partial charge in [-0.3, -0.25) is 25.3 Å². The Kier molecular flexibility index (Phi) is 5.60. The normalized spacial score (nSPS) is 10.2. The Morgan fingerprint density at radius 2 is 1.69 bits per heavy atom. The van der Waals surface area contributed by atoms with Crippen LogP contribution >= 0.6 is 11.3 Å². The van der Waals surface area contributed by atoms with Crippen LogP contribution in [-0.2, 0) is 11.2 Å². The highest BCUT2D eigenvalue weighted by Crippen LogP contribution is 2.17. The maximum absolute atomic E-state index is 12.2. The number of carbonyl (C=O) groups is 2. The van der Waals surface area contributed by atoms with Gasteiger partial charge in [0.2, 0.25) is 5.91 Å². The molecule has 1 heterocycles. The van der Waals surface area contributed by atoms with Crippen molar-refractivity contribution in [3.8, 4) is 0 Å². The van der Waals surface area contributed by atoms with E-state index in [0.29, 0.717) is 16.4 Å². The second-order valence-electron chi connectivity index (χ2n) is 5.57. The highest BCUT2D eigenvalue weighted by molar-refractivity contribution is 7.14. The zero-order valence-corrected chi connectivity index (χ0v) is 15.0. The number of benzene rings is 2. The molecule has 0 fully saturated rings. The number of anilines is 2. The van der Waals surface area contributed by atoms with E-state index < -0.39 is 0 Å². The lowest BCUT2D eigenvalue weighted by Crippen LogP contribution is -2.40. The van der Waals surface area contributed by atoms with E-state index in [1.54, 1.807) is 41.7 Å². The third kappa shape index (κ3) is 4.67. The van der Waals surface area contributed by atoms with Gasteiger partial charge in [-0.05, 0) is 24.3 Å². The fourth-order valence-electron chi connectivity index (χ4n) is 2.31. The molecule has 1 aromatic heterocycles. The number of hydrogen-bond acceptors (Lipinski definition) is 5. The van der Waals surface area contributed by atoms with E-state index in [9.17, 15) is 9.59 Å². The number of hydrazine groups is 1. The molecule has 2 amide bonds. The lowest BCUT2D eigenvalue weighted by atomic mass is 10.2. The number of nitrogens with zero attached hydrogens (tertiary/aromatic N) is 2. The molecule has 3 aromatic rings. The van der Waals surface area contributed by atoms with Crippen LogP contribution in [0.25, 0.3) is 0 Å². The maximum Gasteiger partial charge on any atom is 0.257 e. The van der Waals surface area contributed by atoms with Gasteiger partial charge in [-0.2, -0.15) is 0 Å². The number of para-hydroxylation sites is 1. The highest BCUT2D eigenvalue weighted by atomic mass is 32.1. The van der Waals surface area contributed by atoms with Gasteiger partial charge in [0, 0.05) is 18.0 Å². The summed E-state index contributed by atoms with van der Waals surface area (Å²) in [7, 11) is 1.78. The fraction of sp³-hybridized carbons (Fsp3) is 0.105. The van der Waals surface area contributed by atoms with Crippen molar-refractivity contribution in [2.45, 2.75) is 6.42 Å². The van der Waals surface area contributed by atoms with E-state index in [1.165, 1.54) is 11.3 Å².